The summed E-state index contributed by atoms with van der Waals surface area (Å²) in [6, 6.07) is 0. The zero-order chi connectivity index (χ0) is 16.0. The molecule has 21 heavy (non-hydrogen) atoms. The number of hydrogen-bond acceptors (Lipinski definition) is 5. The molecular weight excluding hydrogens is 276 g/mol. The van der Waals surface area contributed by atoms with Gasteiger partial charge in [0.05, 0.1) is 4.92 Å². The van der Waals surface area contributed by atoms with Gasteiger partial charge < -0.3 is 10.1 Å². The molecule has 0 atom stereocenters. The van der Waals surface area contributed by atoms with E-state index in [2.05, 4.69) is 22.3 Å². The lowest BCUT2D eigenvalue weighted by Gasteiger charge is -2.19. The van der Waals surface area contributed by atoms with Gasteiger partial charge in [0, 0.05) is 20.0 Å². The minimum absolute atomic E-state index is 0.134. The maximum absolute atomic E-state index is 11.4. The van der Waals surface area contributed by atoms with Crippen LogP contribution < -0.4 is 5.32 Å². The summed E-state index contributed by atoms with van der Waals surface area (Å²) in [5.74, 6) is 5.44. The van der Waals surface area contributed by atoms with Crippen LogP contribution in [0.25, 0.3) is 0 Å². The van der Waals surface area contributed by atoms with Crippen molar-refractivity contribution in [2.75, 3.05) is 6.54 Å². The average molecular weight is 294 g/mol. The molecule has 0 unspecified atom stereocenters. The van der Waals surface area contributed by atoms with E-state index in [4.69, 9.17) is 4.74 Å². The largest absolute Gasteiger partial charge is 0.444 e. The Balaban J connectivity index is 2.50. The Hall–Kier alpha value is -2.56. The van der Waals surface area contributed by atoms with E-state index in [0.717, 1.165) is 6.20 Å². The predicted octanol–water partition coefficient (Wildman–Crippen LogP) is 1.59. The highest BCUT2D eigenvalue weighted by Crippen LogP contribution is 2.14. The maximum Gasteiger partial charge on any atom is 0.407 e. The zero-order valence-corrected chi connectivity index (χ0v) is 12.5. The van der Waals surface area contributed by atoms with Gasteiger partial charge in [-0.2, -0.15) is 5.10 Å². The van der Waals surface area contributed by atoms with E-state index >= 15 is 0 Å². The van der Waals surface area contributed by atoms with Crippen molar-refractivity contribution < 1.29 is 14.5 Å². The number of aryl methyl sites for hydroxylation is 1. The minimum atomic E-state index is -0.551. The van der Waals surface area contributed by atoms with Gasteiger partial charge >= 0.3 is 11.8 Å². The Morgan fingerprint density at radius 1 is 1.57 bits per heavy atom. The van der Waals surface area contributed by atoms with Crippen LogP contribution in [0.3, 0.4) is 0 Å². The van der Waals surface area contributed by atoms with E-state index in [0.29, 0.717) is 13.0 Å². The first-order valence-electron chi connectivity index (χ1n) is 6.33. The lowest BCUT2D eigenvalue weighted by molar-refractivity contribution is -0.385. The van der Waals surface area contributed by atoms with E-state index in [-0.39, 0.29) is 11.4 Å². The number of amides is 1. The summed E-state index contributed by atoms with van der Waals surface area (Å²) in [6.45, 7) is 5.61. The quantitative estimate of drug-likeness (QED) is 0.395. The van der Waals surface area contributed by atoms with Crippen molar-refractivity contribution in [2.45, 2.75) is 32.8 Å². The summed E-state index contributed by atoms with van der Waals surface area (Å²) in [5, 5.41) is 17.1. The van der Waals surface area contributed by atoms with Gasteiger partial charge in [-0.15, -0.1) is 0 Å². The summed E-state index contributed by atoms with van der Waals surface area (Å²) in [4.78, 5) is 21.6. The standard InChI is InChI=1S/C13H18N4O4/c1-13(2,3)21-12(18)14-8-6-5-7-10-11(17(19)20)9-15-16(10)4/h9H,6,8H2,1-4H3,(H,14,18). The predicted molar refractivity (Wildman–Crippen MR) is 75.6 cm³/mol. The van der Waals surface area contributed by atoms with Crippen LogP contribution in [0, 0.1) is 22.0 Å². The third kappa shape index (κ3) is 5.52. The Labute approximate surface area is 122 Å². The molecule has 0 aliphatic heterocycles. The molecular formula is C13H18N4O4. The summed E-state index contributed by atoms with van der Waals surface area (Å²) in [6.07, 6.45) is 0.987. The fourth-order valence-electron chi connectivity index (χ4n) is 1.39. The number of hydrogen-bond donors (Lipinski definition) is 1. The smallest absolute Gasteiger partial charge is 0.407 e. The SMILES string of the molecule is Cn1ncc([N+](=O)[O-])c1C#CCCNC(=O)OC(C)(C)C. The molecule has 0 saturated heterocycles. The highest BCUT2D eigenvalue weighted by atomic mass is 16.6. The number of alkyl carbamates (subject to hydrolysis) is 1. The lowest BCUT2D eigenvalue weighted by atomic mass is 10.2. The summed E-state index contributed by atoms with van der Waals surface area (Å²) in [7, 11) is 1.58. The first kappa shape index (κ1) is 16.5. The fourth-order valence-corrected chi connectivity index (χ4v) is 1.39. The zero-order valence-electron chi connectivity index (χ0n) is 12.5. The van der Waals surface area contributed by atoms with E-state index in [1.165, 1.54) is 4.68 Å². The number of carbonyl (C=O) groups is 1. The minimum Gasteiger partial charge on any atom is -0.444 e. The number of nitro groups is 1. The summed E-state index contributed by atoms with van der Waals surface area (Å²) in [5.41, 5.74) is -0.451. The molecule has 0 aliphatic rings. The van der Waals surface area contributed by atoms with Crippen LogP contribution in [0.2, 0.25) is 0 Å². The van der Waals surface area contributed by atoms with Crippen molar-refractivity contribution in [3.8, 4) is 11.8 Å². The van der Waals surface area contributed by atoms with Crippen LogP contribution in [0.4, 0.5) is 10.5 Å². The number of aromatic nitrogens is 2. The van der Waals surface area contributed by atoms with Gasteiger partial charge in [0.25, 0.3) is 0 Å². The van der Waals surface area contributed by atoms with E-state index in [1.807, 2.05) is 0 Å². The highest BCUT2D eigenvalue weighted by Gasteiger charge is 2.17. The van der Waals surface area contributed by atoms with Gasteiger partial charge in [-0.25, -0.2) is 4.79 Å². The number of ether oxygens (including phenoxy) is 1. The lowest BCUT2D eigenvalue weighted by Crippen LogP contribution is -2.32. The molecule has 0 radical (unpaired) electrons. The second kappa shape index (κ2) is 6.74. The molecule has 1 heterocycles. The molecule has 8 heteroatoms. The molecule has 1 N–H and O–H groups in total. The van der Waals surface area contributed by atoms with Crippen molar-refractivity contribution in [3.05, 3.63) is 22.0 Å². The maximum atomic E-state index is 11.4. The molecule has 0 aliphatic carbocycles. The van der Waals surface area contributed by atoms with Crippen LogP contribution in [0.1, 0.15) is 32.9 Å². The first-order chi connectivity index (χ1) is 9.70. The molecule has 0 bridgehead atoms. The number of nitrogens with zero attached hydrogens (tertiary/aromatic N) is 3. The van der Waals surface area contributed by atoms with E-state index in [1.54, 1.807) is 27.8 Å². The van der Waals surface area contributed by atoms with Gasteiger partial charge in [0.1, 0.15) is 11.8 Å². The molecule has 0 fully saturated rings. The third-order valence-electron chi connectivity index (χ3n) is 2.24. The fraction of sp³-hybridized carbons (Fsp3) is 0.538. The normalized spacial score (nSPS) is 10.5. The topological polar surface area (TPSA) is 99.3 Å². The van der Waals surface area contributed by atoms with Crippen LogP contribution >= 0.6 is 0 Å². The van der Waals surface area contributed by atoms with E-state index < -0.39 is 16.6 Å². The second-order valence-corrected chi connectivity index (χ2v) is 5.24. The Bertz CT molecular complexity index is 590. The molecule has 0 spiro atoms. The Morgan fingerprint density at radius 2 is 2.24 bits per heavy atom. The monoisotopic (exact) mass is 294 g/mol. The first-order valence-corrected chi connectivity index (χ1v) is 6.33. The van der Waals surface area contributed by atoms with Crippen molar-refractivity contribution in [1.29, 1.82) is 0 Å². The van der Waals surface area contributed by atoms with Crippen LogP contribution in [-0.4, -0.2) is 32.9 Å². The van der Waals surface area contributed by atoms with E-state index in [9.17, 15) is 14.9 Å². The third-order valence-corrected chi connectivity index (χ3v) is 2.24. The molecule has 0 saturated carbocycles. The van der Waals surface area contributed by atoms with Crippen molar-refractivity contribution in [2.24, 2.45) is 7.05 Å². The van der Waals surface area contributed by atoms with Crippen molar-refractivity contribution >= 4 is 11.8 Å². The summed E-state index contributed by atoms with van der Waals surface area (Å²) < 4.78 is 6.40. The van der Waals surface area contributed by atoms with Gasteiger partial charge in [-0.05, 0) is 26.7 Å². The van der Waals surface area contributed by atoms with Crippen LogP contribution in [0.5, 0.6) is 0 Å². The molecule has 1 aromatic heterocycles. The average Bonchev–Trinajstić information content (AvgIpc) is 2.68. The van der Waals surface area contributed by atoms with Crippen LogP contribution in [-0.2, 0) is 11.8 Å². The Morgan fingerprint density at radius 3 is 2.81 bits per heavy atom. The molecule has 0 aromatic carbocycles. The van der Waals surface area contributed by atoms with Crippen molar-refractivity contribution in [3.63, 3.8) is 0 Å². The highest BCUT2D eigenvalue weighted by molar-refractivity contribution is 5.67. The molecule has 1 aromatic rings. The molecule has 1 amide bonds. The van der Waals surface area contributed by atoms with Gasteiger partial charge in [-0.3, -0.25) is 14.8 Å². The second-order valence-electron chi connectivity index (χ2n) is 5.24. The van der Waals surface area contributed by atoms with Gasteiger partial charge in [-0.1, -0.05) is 5.92 Å². The Kier molecular flexibility index (Phi) is 5.30. The van der Waals surface area contributed by atoms with Gasteiger partial charge in [0.15, 0.2) is 5.69 Å². The molecule has 8 nitrogen and oxygen atoms in total. The molecule has 114 valence electrons. The summed E-state index contributed by atoms with van der Waals surface area (Å²) >= 11 is 0. The number of carbonyl (C=O) groups excluding carboxylic acids is 1. The van der Waals surface area contributed by atoms with Crippen molar-refractivity contribution in [1.82, 2.24) is 15.1 Å². The number of nitrogens with one attached hydrogen (secondary N) is 1. The number of rotatable bonds is 3. The molecule has 1 rings (SSSR count). The van der Waals surface area contributed by atoms with Crippen LogP contribution in [0.15, 0.2) is 6.20 Å². The van der Waals surface area contributed by atoms with Gasteiger partial charge in [0.2, 0.25) is 0 Å².